The monoisotopic (exact) mass is 361 g/mol. The summed E-state index contributed by atoms with van der Waals surface area (Å²) in [5.74, 6) is -0.123. The fourth-order valence-electron chi connectivity index (χ4n) is 2.10. The van der Waals surface area contributed by atoms with Crippen LogP contribution in [0.2, 0.25) is 10.0 Å². The average molecular weight is 362 g/mol. The van der Waals surface area contributed by atoms with Crippen molar-refractivity contribution < 1.29 is 9.21 Å². The molecule has 1 N–H and O–H groups in total. The maximum absolute atomic E-state index is 12.2. The lowest BCUT2D eigenvalue weighted by molar-refractivity contribution is 0.102. The minimum absolute atomic E-state index is 0.000699. The first kappa shape index (κ1) is 16.5. The van der Waals surface area contributed by atoms with E-state index >= 15 is 0 Å². The van der Waals surface area contributed by atoms with Gasteiger partial charge in [-0.1, -0.05) is 34.4 Å². The van der Waals surface area contributed by atoms with Crippen LogP contribution in [-0.4, -0.2) is 16.1 Å². The topological polar surface area (TPSA) is 68.0 Å². The summed E-state index contributed by atoms with van der Waals surface area (Å²) >= 11 is 11.8. The summed E-state index contributed by atoms with van der Waals surface area (Å²) in [4.78, 5) is 12.2. The summed E-state index contributed by atoms with van der Waals surface area (Å²) < 4.78 is 5.50. The van der Waals surface area contributed by atoms with Crippen molar-refractivity contribution in [2.24, 2.45) is 0 Å². The molecule has 24 heavy (non-hydrogen) atoms. The van der Waals surface area contributed by atoms with Crippen LogP contribution in [0.1, 0.15) is 21.5 Å². The molecule has 5 nitrogen and oxygen atoms in total. The number of anilines is 1. The van der Waals surface area contributed by atoms with Gasteiger partial charge >= 0.3 is 6.01 Å². The molecule has 0 aliphatic carbocycles. The van der Waals surface area contributed by atoms with Crippen molar-refractivity contribution in [2.75, 3.05) is 5.32 Å². The molecule has 0 fully saturated rings. The molecule has 0 bridgehead atoms. The third-order valence-corrected chi connectivity index (χ3v) is 4.12. The SMILES string of the molecule is Cc1ccc(-c2nnc(NC(=O)c3ccc(Cl)cc3Cl)o2)cc1C. The van der Waals surface area contributed by atoms with Gasteiger partial charge < -0.3 is 4.42 Å². The van der Waals surface area contributed by atoms with Crippen LogP contribution in [0.25, 0.3) is 11.5 Å². The Morgan fingerprint density at radius 1 is 1.04 bits per heavy atom. The highest BCUT2D eigenvalue weighted by Crippen LogP contribution is 2.24. The summed E-state index contributed by atoms with van der Waals surface area (Å²) in [7, 11) is 0. The van der Waals surface area contributed by atoms with Gasteiger partial charge in [-0.3, -0.25) is 10.1 Å². The Kier molecular flexibility index (Phi) is 4.55. The minimum Gasteiger partial charge on any atom is -0.403 e. The van der Waals surface area contributed by atoms with Crippen molar-refractivity contribution in [2.45, 2.75) is 13.8 Å². The highest BCUT2D eigenvalue weighted by Gasteiger charge is 2.15. The molecule has 122 valence electrons. The van der Waals surface area contributed by atoms with E-state index in [-0.39, 0.29) is 16.6 Å². The van der Waals surface area contributed by atoms with Crippen molar-refractivity contribution in [3.8, 4) is 11.5 Å². The van der Waals surface area contributed by atoms with E-state index in [1.807, 2.05) is 32.0 Å². The predicted molar refractivity (Wildman–Crippen MR) is 93.6 cm³/mol. The number of halogens is 2. The number of carbonyl (C=O) groups is 1. The zero-order valence-electron chi connectivity index (χ0n) is 12.9. The fraction of sp³-hybridized carbons (Fsp3) is 0.118. The van der Waals surface area contributed by atoms with Crippen LogP contribution >= 0.6 is 23.2 Å². The summed E-state index contributed by atoms with van der Waals surface area (Å²) in [5.41, 5.74) is 3.34. The third-order valence-electron chi connectivity index (χ3n) is 3.58. The summed E-state index contributed by atoms with van der Waals surface area (Å²) in [6, 6.07) is 10.4. The van der Waals surface area contributed by atoms with E-state index in [4.69, 9.17) is 27.6 Å². The zero-order chi connectivity index (χ0) is 17.3. The number of carbonyl (C=O) groups excluding carboxylic acids is 1. The van der Waals surface area contributed by atoms with Crippen LogP contribution in [0.15, 0.2) is 40.8 Å². The number of hydrogen-bond acceptors (Lipinski definition) is 4. The van der Waals surface area contributed by atoms with Crippen LogP contribution in [0.3, 0.4) is 0 Å². The van der Waals surface area contributed by atoms with Gasteiger partial charge in [-0.05, 0) is 55.3 Å². The average Bonchev–Trinajstić information content (AvgIpc) is 2.98. The van der Waals surface area contributed by atoms with Crippen molar-refractivity contribution in [3.05, 3.63) is 63.1 Å². The van der Waals surface area contributed by atoms with Crippen LogP contribution in [0.5, 0.6) is 0 Å². The summed E-state index contributed by atoms with van der Waals surface area (Å²) in [5, 5.41) is 11.0. The van der Waals surface area contributed by atoms with Crippen molar-refractivity contribution in [3.63, 3.8) is 0 Å². The second kappa shape index (κ2) is 6.63. The summed E-state index contributed by atoms with van der Waals surface area (Å²) in [6.45, 7) is 4.02. The maximum atomic E-state index is 12.2. The molecule has 2 aromatic carbocycles. The number of aryl methyl sites for hydroxylation is 2. The maximum Gasteiger partial charge on any atom is 0.322 e. The Hall–Kier alpha value is -2.37. The lowest BCUT2D eigenvalue weighted by Gasteiger charge is -2.03. The van der Waals surface area contributed by atoms with E-state index in [2.05, 4.69) is 15.5 Å². The molecule has 0 radical (unpaired) electrons. The Morgan fingerprint density at radius 3 is 2.54 bits per heavy atom. The van der Waals surface area contributed by atoms with E-state index in [9.17, 15) is 4.79 Å². The van der Waals surface area contributed by atoms with Crippen LogP contribution in [0.4, 0.5) is 6.01 Å². The smallest absolute Gasteiger partial charge is 0.322 e. The lowest BCUT2D eigenvalue weighted by atomic mass is 10.1. The van der Waals surface area contributed by atoms with E-state index < -0.39 is 5.91 Å². The van der Waals surface area contributed by atoms with Crippen molar-refractivity contribution >= 4 is 35.1 Å². The van der Waals surface area contributed by atoms with Gasteiger partial charge in [0, 0.05) is 10.6 Å². The van der Waals surface area contributed by atoms with Gasteiger partial charge in [-0.15, -0.1) is 5.10 Å². The standard InChI is InChI=1S/C17H13Cl2N3O2/c1-9-3-4-11(7-10(9)2)16-21-22-17(24-16)20-15(23)13-6-5-12(18)8-14(13)19/h3-8H,1-2H3,(H,20,22,23). The van der Waals surface area contributed by atoms with Crippen molar-refractivity contribution in [1.29, 1.82) is 0 Å². The van der Waals surface area contributed by atoms with Gasteiger partial charge in [0.05, 0.1) is 10.6 Å². The second-order valence-corrected chi connectivity index (χ2v) is 6.13. The van der Waals surface area contributed by atoms with Crippen LogP contribution in [-0.2, 0) is 0 Å². The highest BCUT2D eigenvalue weighted by atomic mass is 35.5. The molecule has 1 amide bonds. The molecule has 7 heteroatoms. The number of benzene rings is 2. The van der Waals surface area contributed by atoms with Crippen LogP contribution in [0, 0.1) is 13.8 Å². The molecular weight excluding hydrogens is 349 g/mol. The molecule has 0 saturated carbocycles. The number of aromatic nitrogens is 2. The first-order valence-electron chi connectivity index (χ1n) is 7.11. The first-order chi connectivity index (χ1) is 11.4. The van der Waals surface area contributed by atoms with Gasteiger partial charge in [0.25, 0.3) is 5.91 Å². The molecule has 0 atom stereocenters. The molecule has 0 saturated heterocycles. The van der Waals surface area contributed by atoms with E-state index in [1.54, 1.807) is 6.07 Å². The van der Waals surface area contributed by atoms with Gasteiger partial charge in [-0.25, -0.2) is 0 Å². The van der Waals surface area contributed by atoms with E-state index in [0.717, 1.165) is 11.1 Å². The largest absolute Gasteiger partial charge is 0.403 e. The van der Waals surface area contributed by atoms with Gasteiger partial charge in [0.1, 0.15) is 0 Å². The Labute approximate surface area is 148 Å². The molecule has 1 heterocycles. The van der Waals surface area contributed by atoms with Gasteiger partial charge in [0.15, 0.2) is 0 Å². The number of rotatable bonds is 3. The predicted octanol–water partition coefficient (Wildman–Crippen LogP) is 4.91. The molecule has 0 aliphatic heterocycles. The second-order valence-electron chi connectivity index (χ2n) is 5.29. The Bertz CT molecular complexity index is 922. The molecule has 1 aromatic heterocycles. The van der Waals surface area contributed by atoms with Gasteiger partial charge in [-0.2, -0.15) is 0 Å². The minimum atomic E-state index is -0.452. The fourth-order valence-corrected chi connectivity index (χ4v) is 2.60. The molecule has 3 aromatic rings. The quantitative estimate of drug-likeness (QED) is 0.719. The summed E-state index contributed by atoms with van der Waals surface area (Å²) in [6.07, 6.45) is 0. The van der Waals surface area contributed by atoms with E-state index in [0.29, 0.717) is 10.9 Å². The molecule has 3 rings (SSSR count). The number of amides is 1. The lowest BCUT2D eigenvalue weighted by Crippen LogP contribution is -2.12. The molecular formula is C17H13Cl2N3O2. The molecule has 0 aliphatic rings. The van der Waals surface area contributed by atoms with Crippen molar-refractivity contribution in [1.82, 2.24) is 10.2 Å². The van der Waals surface area contributed by atoms with E-state index in [1.165, 1.54) is 17.7 Å². The molecule has 0 unspecified atom stereocenters. The zero-order valence-corrected chi connectivity index (χ0v) is 14.4. The number of nitrogens with zero attached hydrogens (tertiary/aromatic N) is 2. The number of hydrogen-bond donors (Lipinski definition) is 1. The Morgan fingerprint density at radius 2 is 1.83 bits per heavy atom. The van der Waals surface area contributed by atoms with Crippen LogP contribution < -0.4 is 5.32 Å². The Balaban J connectivity index is 1.80. The highest BCUT2D eigenvalue weighted by molar-refractivity contribution is 6.37. The number of nitrogens with one attached hydrogen (secondary N) is 1. The van der Waals surface area contributed by atoms with Gasteiger partial charge in [0.2, 0.25) is 5.89 Å². The third kappa shape index (κ3) is 3.42. The molecule has 0 spiro atoms. The normalized spacial score (nSPS) is 10.7. The first-order valence-corrected chi connectivity index (χ1v) is 7.87.